The van der Waals surface area contributed by atoms with Crippen LogP contribution in [0.3, 0.4) is 0 Å². The standard InChI is InChI=1S/C10H9BrN4O/c1-6-5-12-4-3-7(6)9(16)8-10(11)13-14-15(8)2/h3-5H,1-2H3. The van der Waals surface area contributed by atoms with Crippen molar-refractivity contribution in [3.63, 3.8) is 0 Å². The highest BCUT2D eigenvalue weighted by Crippen LogP contribution is 2.18. The van der Waals surface area contributed by atoms with E-state index in [9.17, 15) is 4.79 Å². The molecule has 0 saturated carbocycles. The van der Waals surface area contributed by atoms with E-state index in [0.717, 1.165) is 5.56 Å². The Morgan fingerprint density at radius 1 is 1.50 bits per heavy atom. The summed E-state index contributed by atoms with van der Waals surface area (Å²) in [4.78, 5) is 16.2. The van der Waals surface area contributed by atoms with Gasteiger partial charge in [0.2, 0.25) is 5.78 Å². The first-order valence-electron chi connectivity index (χ1n) is 4.61. The zero-order valence-electron chi connectivity index (χ0n) is 8.81. The minimum Gasteiger partial charge on any atom is -0.287 e. The molecule has 16 heavy (non-hydrogen) atoms. The van der Waals surface area contributed by atoms with E-state index < -0.39 is 0 Å². The topological polar surface area (TPSA) is 60.7 Å². The predicted octanol–water partition coefficient (Wildman–Crippen LogP) is 1.51. The van der Waals surface area contributed by atoms with Crippen molar-refractivity contribution in [2.45, 2.75) is 6.92 Å². The maximum atomic E-state index is 12.2. The molecule has 0 saturated heterocycles. The van der Waals surface area contributed by atoms with Gasteiger partial charge in [-0.05, 0) is 34.5 Å². The number of ketones is 1. The molecule has 0 aliphatic rings. The van der Waals surface area contributed by atoms with Gasteiger partial charge in [-0.2, -0.15) is 0 Å². The highest BCUT2D eigenvalue weighted by Gasteiger charge is 2.19. The van der Waals surface area contributed by atoms with Crippen LogP contribution in [0.2, 0.25) is 0 Å². The zero-order valence-corrected chi connectivity index (χ0v) is 10.4. The van der Waals surface area contributed by atoms with Crippen LogP contribution in [-0.4, -0.2) is 25.8 Å². The van der Waals surface area contributed by atoms with Gasteiger partial charge in [0, 0.05) is 25.0 Å². The summed E-state index contributed by atoms with van der Waals surface area (Å²) in [6.07, 6.45) is 3.25. The number of hydrogen-bond donors (Lipinski definition) is 0. The molecule has 0 radical (unpaired) electrons. The summed E-state index contributed by atoms with van der Waals surface area (Å²) in [7, 11) is 1.68. The smallest absolute Gasteiger partial charge is 0.214 e. The second kappa shape index (κ2) is 4.13. The van der Waals surface area contributed by atoms with E-state index in [1.165, 1.54) is 4.68 Å². The average molecular weight is 281 g/mol. The van der Waals surface area contributed by atoms with E-state index in [1.54, 1.807) is 25.5 Å². The average Bonchev–Trinajstić information content (AvgIpc) is 2.58. The number of pyridine rings is 1. The van der Waals surface area contributed by atoms with Gasteiger partial charge in [-0.3, -0.25) is 9.78 Å². The summed E-state index contributed by atoms with van der Waals surface area (Å²) in [6, 6.07) is 1.69. The lowest BCUT2D eigenvalue weighted by Crippen LogP contribution is -2.10. The molecule has 0 bridgehead atoms. The minimum atomic E-state index is -0.112. The molecule has 0 N–H and O–H groups in total. The van der Waals surface area contributed by atoms with Crippen molar-refractivity contribution in [2.75, 3.05) is 0 Å². The number of rotatable bonds is 2. The second-order valence-corrected chi connectivity index (χ2v) is 4.12. The van der Waals surface area contributed by atoms with Gasteiger partial charge in [0.15, 0.2) is 4.60 Å². The zero-order chi connectivity index (χ0) is 11.7. The molecule has 0 fully saturated rings. The van der Waals surface area contributed by atoms with Crippen LogP contribution in [0.25, 0.3) is 0 Å². The Hall–Kier alpha value is -1.56. The third-order valence-electron chi connectivity index (χ3n) is 2.27. The summed E-state index contributed by atoms with van der Waals surface area (Å²) < 4.78 is 1.91. The van der Waals surface area contributed by atoms with Gasteiger partial charge in [-0.1, -0.05) is 5.21 Å². The van der Waals surface area contributed by atoms with Crippen molar-refractivity contribution in [3.05, 3.63) is 39.9 Å². The first kappa shape index (κ1) is 10.9. The number of halogens is 1. The highest BCUT2D eigenvalue weighted by atomic mass is 79.9. The molecule has 2 aromatic rings. The third kappa shape index (κ3) is 1.76. The molecule has 2 aromatic heterocycles. The Morgan fingerprint density at radius 3 is 2.81 bits per heavy atom. The van der Waals surface area contributed by atoms with E-state index in [2.05, 4.69) is 31.2 Å². The van der Waals surface area contributed by atoms with Crippen LogP contribution in [0.5, 0.6) is 0 Å². The van der Waals surface area contributed by atoms with E-state index in [-0.39, 0.29) is 5.78 Å². The molecule has 0 aliphatic carbocycles. The van der Waals surface area contributed by atoms with Crippen molar-refractivity contribution in [1.29, 1.82) is 0 Å². The number of carbonyl (C=O) groups is 1. The predicted molar refractivity (Wildman–Crippen MR) is 61.1 cm³/mol. The maximum absolute atomic E-state index is 12.2. The molecule has 82 valence electrons. The van der Waals surface area contributed by atoms with Crippen LogP contribution in [0.15, 0.2) is 23.1 Å². The van der Waals surface area contributed by atoms with Crippen LogP contribution in [0.4, 0.5) is 0 Å². The van der Waals surface area contributed by atoms with Crippen LogP contribution in [-0.2, 0) is 7.05 Å². The first-order chi connectivity index (χ1) is 7.61. The summed E-state index contributed by atoms with van der Waals surface area (Å²) in [5, 5.41) is 7.56. The summed E-state index contributed by atoms with van der Waals surface area (Å²) in [5.41, 5.74) is 1.89. The molecule has 0 aliphatic heterocycles. The fourth-order valence-electron chi connectivity index (χ4n) is 1.43. The van der Waals surface area contributed by atoms with Gasteiger partial charge < -0.3 is 0 Å². The lowest BCUT2D eigenvalue weighted by molar-refractivity contribution is 0.102. The number of hydrogen-bond acceptors (Lipinski definition) is 4. The molecule has 6 heteroatoms. The largest absolute Gasteiger partial charge is 0.287 e. The van der Waals surface area contributed by atoms with Crippen LogP contribution < -0.4 is 0 Å². The summed E-state index contributed by atoms with van der Waals surface area (Å²) in [5.74, 6) is -0.112. The van der Waals surface area contributed by atoms with Gasteiger partial charge in [0.25, 0.3) is 0 Å². The lowest BCUT2D eigenvalue weighted by atomic mass is 10.1. The molecule has 0 spiro atoms. The normalized spacial score (nSPS) is 10.4. The fourth-order valence-corrected chi connectivity index (χ4v) is 1.94. The molecule has 5 nitrogen and oxygen atoms in total. The maximum Gasteiger partial charge on any atom is 0.214 e. The van der Waals surface area contributed by atoms with Crippen molar-refractivity contribution in [2.24, 2.45) is 7.05 Å². The molecular weight excluding hydrogens is 272 g/mol. The Labute approximate surface area is 101 Å². The Balaban J connectivity index is 2.52. The Kier molecular flexibility index (Phi) is 2.82. The molecule has 0 amide bonds. The number of carbonyl (C=O) groups excluding carboxylic acids is 1. The van der Waals surface area contributed by atoms with Gasteiger partial charge in [0.05, 0.1) is 0 Å². The summed E-state index contributed by atoms with van der Waals surface area (Å²) >= 11 is 3.21. The van der Waals surface area contributed by atoms with Crippen molar-refractivity contribution >= 4 is 21.7 Å². The highest BCUT2D eigenvalue weighted by molar-refractivity contribution is 9.10. The number of aromatic nitrogens is 4. The third-order valence-corrected chi connectivity index (χ3v) is 2.80. The molecular formula is C10H9BrN4O. The minimum absolute atomic E-state index is 0.112. The monoisotopic (exact) mass is 280 g/mol. The van der Waals surface area contributed by atoms with E-state index in [1.807, 2.05) is 6.92 Å². The fraction of sp³-hybridized carbons (Fsp3) is 0.200. The number of aryl methyl sites for hydroxylation is 2. The van der Waals surface area contributed by atoms with E-state index >= 15 is 0 Å². The van der Waals surface area contributed by atoms with Gasteiger partial charge in [0.1, 0.15) is 5.69 Å². The summed E-state index contributed by atoms with van der Waals surface area (Å²) in [6.45, 7) is 1.85. The quantitative estimate of drug-likeness (QED) is 0.783. The molecule has 0 unspecified atom stereocenters. The molecule has 0 aromatic carbocycles. The van der Waals surface area contributed by atoms with Crippen LogP contribution in [0.1, 0.15) is 21.6 Å². The molecule has 2 heterocycles. The van der Waals surface area contributed by atoms with Gasteiger partial charge in [-0.25, -0.2) is 4.68 Å². The van der Waals surface area contributed by atoms with Crippen molar-refractivity contribution in [1.82, 2.24) is 20.0 Å². The van der Waals surface area contributed by atoms with Gasteiger partial charge in [-0.15, -0.1) is 5.10 Å². The number of nitrogens with zero attached hydrogens (tertiary/aromatic N) is 4. The molecule has 0 atom stereocenters. The van der Waals surface area contributed by atoms with E-state index in [4.69, 9.17) is 0 Å². The Bertz CT molecular complexity index is 530. The van der Waals surface area contributed by atoms with Crippen molar-refractivity contribution in [3.8, 4) is 0 Å². The lowest BCUT2D eigenvalue weighted by Gasteiger charge is -2.03. The second-order valence-electron chi connectivity index (χ2n) is 3.37. The molecule has 2 rings (SSSR count). The van der Waals surface area contributed by atoms with Crippen LogP contribution in [0, 0.1) is 6.92 Å². The SMILES string of the molecule is Cc1cnccc1C(=O)c1c(Br)nnn1C. The van der Waals surface area contributed by atoms with E-state index in [0.29, 0.717) is 15.9 Å². The Morgan fingerprint density at radius 2 is 2.25 bits per heavy atom. The van der Waals surface area contributed by atoms with Gasteiger partial charge >= 0.3 is 0 Å². The van der Waals surface area contributed by atoms with Crippen molar-refractivity contribution < 1.29 is 4.79 Å². The first-order valence-corrected chi connectivity index (χ1v) is 5.41. The van der Waals surface area contributed by atoms with Crippen LogP contribution >= 0.6 is 15.9 Å².